The number of hydrogen-bond acceptors (Lipinski definition) is 4. The summed E-state index contributed by atoms with van der Waals surface area (Å²) in [6.07, 6.45) is 2.28. The van der Waals surface area contributed by atoms with Gasteiger partial charge in [0, 0.05) is 19.7 Å². The number of benzene rings is 1. The third kappa shape index (κ3) is 4.51. The van der Waals surface area contributed by atoms with Crippen LogP contribution in [-0.4, -0.2) is 32.3 Å². The van der Waals surface area contributed by atoms with Gasteiger partial charge in [0.1, 0.15) is 5.75 Å². The Kier molecular flexibility index (Phi) is 5.83. The monoisotopic (exact) mass is 278 g/mol. The number of carbonyl (C=O) groups excluding carboxylic acids is 1. The topological polar surface area (TPSA) is 59.6 Å². The smallest absolute Gasteiger partial charge is 0.262 e. The second-order valence-electron chi connectivity index (χ2n) is 4.81. The van der Waals surface area contributed by atoms with Gasteiger partial charge in [-0.1, -0.05) is 19.4 Å². The summed E-state index contributed by atoms with van der Waals surface area (Å²) >= 11 is 0. The van der Waals surface area contributed by atoms with Gasteiger partial charge in [0.05, 0.1) is 12.3 Å². The predicted octanol–water partition coefficient (Wildman–Crippen LogP) is 1.92. The fourth-order valence-electron chi connectivity index (χ4n) is 1.97. The van der Waals surface area contributed by atoms with Gasteiger partial charge in [0.15, 0.2) is 6.61 Å². The van der Waals surface area contributed by atoms with E-state index in [2.05, 4.69) is 17.6 Å². The van der Waals surface area contributed by atoms with Crippen molar-refractivity contribution >= 4 is 11.6 Å². The molecule has 5 heteroatoms. The quantitative estimate of drug-likeness (QED) is 0.713. The minimum absolute atomic E-state index is 0.0969. The molecule has 2 N–H and O–H groups in total. The van der Waals surface area contributed by atoms with E-state index in [1.807, 2.05) is 18.2 Å². The van der Waals surface area contributed by atoms with Gasteiger partial charge in [-0.15, -0.1) is 0 Å². The Hall–Kier alpha value is -1.59. The van der Waals surface area contributed by atoms with Crippen LogP contribution in [0.2, 0.25) is 0 Å². The van der Waals surface area contributed by atoms with Gasteiger partial charge in [-0.2, -0.15) is 0 Å². The standard InChI is InChI=1S/C15H22N2O3/c1-2-3-7-19-8-6-16-10-12-4-5-14-13(9-12)17-15(18)11-20-14/h4-5,9,16H,2-3,6-8,10-11H2,1H3,(H,17,18). The van der Waals surface area contributed by atoms with E-state index in [4.69, 9.17) is 9.47 Å². The van der Waals surface area contributed by atoms with Gasteiger partial charge in [-0.25, -0.2) is 0 Å². The number of anilines is 1. The minimum atomic E-state index is -0.105. The molecule has 110 valence electrons. The van der Waals surface area contributed by atoms with Gasteiger partial charge in [-0.3, -0.25) is 4.79 Å². The number of amides is 1. The van der Waals surface area contributed by atoms with E-state index in [9.17, 15) is 4.79 Å². The van der Waals surface area contributed by atoms with Crippen molar-refractivity contribution in [3.8, 4) is 5.75 Å². The zero-order chi connectivity index (χ0) is 14.2. The lowest BCUT2D eigenvalue weighted by Crippen LogP contribution is -2.25. The minimum Gasteiger partial charge on any atom is -0.482 e. The molecule has 0 saturated heterocycles. The maximum atomic E-state index is 11.3. The highest BCUT2D eigenvalue weighted by Gasteiger charge is 2.15. The number of rotatable bonds is 8. The second kappa shape index (κ2) is 7.87. The highest BCUT2D eigenvalue weighted by molar-refractivity contribution is 5.95. The Morgan fingerprint density at radius 2 is 2.30 bits per heavy atom. The van der Waals surface area contributed by atoms with Crippen LogP contribution >= 0.6 is 0 Å². The molecule has 0 radical (unpaired) electrons. The molecule has 0 atom stereocenters. The molecular formula is C15H22N2O3. The van der Waals surface area contributed by atoms with E-state index in [0.717, 1.165) is 56.1 Å². The molecule has 0 bridgehead atoms. The molecule has 0 aromatic heterocycles. The number of fused-ring (bicyclic) bond motifs is 1. The van der Waals surface area contributed by atoms with Crippen LogP contribution in [0.3, 0.4) is 0 Å². The van der Waals surface area contributed by atoms with Crippen molar-refractivity contribution in [2.45, 2.75) is 26.3 Å². The summed E-state index contributed by atoms with van der Waals surface area (Å²) in [6, 6.07) is 5.84. The molecule has 20 heavy (non-hydrogen) atoms. The highest BCUT2D eigenvalue weighted by Crippen LogP contribution is 2.28. The summed E-state index contributed by atoms with van der Waals surface area (Å²) in [5.41, 5.74) is 1.86. The first kappa shape index (κ1) is 14.8. The highest BCUT2D eigenvalue weighted by atomic mass is 16.5. The summed E-state index contributed by atoms with van der Waals surface area (Å²) in [4.78, 5) is 11.3. The fourth-order valence-corrected chi connectivity index (χ4v) is 1.97. The molecule has 1 heterocycles. The van der Waals surface area contributed by atoms with E-state index >= 15 is 0 Å². The lowest BCUT2D eigenvalue weighted by molar-refractivity contribution is -0.118. The lowest BCUT2D eigenvalue weighted by atomic mass is 10.1. The summed E-state index contributed by atoms with van der Waals surface area (Å²) in [7, 11) is 0. The average molecular weight is 278 g/mol. The van der Waals surface area contributed by atoms with Crippen molar-refractivity contribution < 1.29 is 14.3 Å². The molecular weight excluding hydrogens is 256 g/mol. The zero-order valence-electron chi connectivity index (χ0n) is 11.9. The summed E-state index contributed by atoms with van der Waals surface area (Å²) < 4.78 is 10.8. The predicted molar refractivity (Wildman–Crippen MR) is 78.0 cm³/mol. The Morgan fingerprint density at radius 3 is 3.15 bits per heavy atom. The van der Waals surface area contributed by atoms with Crippen LogP contribution in [0, 0.1) is 0 Å². The first-order valence-corrected chi connectivity index (χ1v) is 7.13. The third-order valence-corrected chi connectivity index (χ3v) is 3.07. The van der Waals surface area contributed by atoms with Gasteiger partial charge in [0.2, 0.25) is 0 Å². The Morgan fingerprint density at radius 1 is 1.40 bits per heavy atom. The van der Waals surface area contributed by atoms with Gasteiger partial charge in [0.25, 0.3) is 5.91 Å². The molecule has 1 aliphatic heterocycles. The number of ether oxygens (including phenoxy) is 2. The third-order valence-electron chi connectivity index (χ3n) is 3.07. The molecule has 0 aliphatic carbocycles. The Labute approximate surface area is 119 Å². The first-order valence-electron chi connectivity index (χ1n) is 7.13. The first-order chi connectivity index (χ1) is 9.79. The molecule has 5 nitrogen and oxygen atoms in total. The van der Waals surface area contributed by atoms with Gasteiger partial charge < -0.3 is 20.1 Å². The average Bonchev–Trinajstić information content (AvgIpc) is 2.46. The normalized spacial score (nSPS) is 13.6. The zero-order valence-corrected chi connectivity index (χ0v) is 11.9. The van der Waals surface area contributed by atoms with Crippen LogP contribution in [0.25, 0.3) is 0 Å². The number of carbonyl (C=O) groups is 1. The lowest BCUT2D eigenvalue weighted by Gasteiger charge is -2.18. The number of unbranched alkanes of at least 4 members (excludes halogenated alkanes) is 1. The number of nitrogens with one attached hydrogen (secondary N) is 2. The van der Waals surface area contributed by atoms with Gasteiger partial charge >= 0.3 is 0 Å². The summed E-state index contributed by atoms with van der Waals surface area (Å²) in [6.45, 7) is 5.38. The summed E-state index contributed by atoms with van der Waals surface area (Å²) in [5, 5.41) is 6.13. The van der Waals surface area contributed by atoms with Crippen molar-refractivity contribution in [1.82, 2.24) is 5.32 Å². The van der Waals surface area contributed by atoms with E-state index in [0.29, 0.717) is 0 Å². The van der Waals surface area contributed by atoms with Crippen LogP contribution in [0.5, 0.6) is 5.75 Å². The molecule has 0 fully saturated rings. The fraction of sp³-hybridized carbons (Fsp3) is 0.533. The van der Waals surface area contributed by atoms with E-state index < -0.39 is 0 Å². The molecule has 1 aromatic carbocycles. The van der Waals surface area contributed by atoms with E-state index in [-0.39, 0.29) is 12.5 Å². The van der Waals surface area contributed by atoms with E-state index in [1.54, 1.807) is 0 Å². The van der Waals surface area contributed by atoms with Gasteiger partial charge in [-0.05, 0) is 24.1 Å². The largest absolute Gasteiger partial charge is 0.482 e. The molecule has 0 saturated carbocycles. The summed E-state index contributed by atoms with van der Waals surface area (Å²) in [5.74, 6) is 0.628. The molecule has 1 aromatic rings. The van der Waals surface area contributed by atoms with Crippen LogP contribution < -0.4 is 15.4 Å². The van der Waals surface area contributed by atoms with Crippen LogP contribution in [0.15, 0.2) is 18.2 Å². The second-order valence-corrected chi connectivity index (χ2v) is 4.81. The van der Waals surface area contributed by atoms with Crippen molar-refractivity contribution in [1.29, 1.82) is 0 Å². The molecule has 0 spiro atoms. The maximum Gasteiger partial charge on any atom is 0.262 e. The molecule has 0 unspecified atom stereocenters. The van der Waals surface area contributed by atoms with Crippen molar-refractivity contribution in [2.24, 2.45) is 0 Å². The van der Waals surface area contributed by atoms with Crippen LogP contribution in [-0.2, 0) is 16.1 Å². The maximum absolute atomic E-state index is 11.3. The van der Waals surface area contributed by atoms with Crippen LogP contribution in [0.1, 0.15) is 25.3 Å². The van der Waals surface area contributed by atoms with Crippen molar-refractivity contribution in [3.05, 3.63) is 23.8 Å². The number of hydrogen-bond donors (Lipinski definition) is 2. The van der Waals surface area contributed by atoms with Crippen LogP contribution in [0.4, 0.5) is 5.69 Å². The molecule has 1 amide bonds. The Balaban J connectivity index is 1.71. The SMILES string of the molecule is CCCCOCCNCc1ccc2c(c1)NC(=O)CO2. The van der Waals surface area contributed by atoms with Crippen molar-refractivity contribution in [2.75, 3.05) is 31.7 Å². The van der Waals surface area contributed by atoms with E-state index in [1.165, 1.54) is 0 Å². The van der Waals surface area contributed by atoms with Crippen molar-refractivity contribution in [3.63, 3.8) is 0 Å². The Bertz CT molecular complexity index is 449. The molecule has 1 aliphatic rings. The molecule has 2 rings (SSSR count).